The summed E-state index contributed by atoms with van der Waals surface area (Å²) in [4.78, 5) is 8.38. The second-order valence-corrected chi connectivity index (χ2v) is 4.36. The van der Waals surface area contributed by atoms with Crippen molar-refractivity contribution in [3.63, 3.8) is 0 Å². The quantitative estimate of drug-likeness (QED) is 0.616. The molecular formula is C12H22N4O2. The number of nitrogens with zero attached hydrogens (tertiary/aromatic N) is 2. The molecule has 0 spiro atoms. The van der Waals surface area contributed by atoms with Gasteiger partial charge >= 0.3 is 0 Å². The topological polar surface area (TPSA) is 79.3 Å². The lowest BCUT2D eigenvalue weighted by atomic mass is 10.3. The minimum Gasteiger partial charge on any atom is -0.378 e. The number of ether oxygens (including phenoxy) is 1. The van der Waals surface area contributed by atoms with E-state index >= 15 is 0 Å². The van der Waals surface area contributed by atoms with Crippen molar-refractivity contribution in [2.45, 2.75) is 39.1 Å². The first kappa shape index (κ1) is 14.8. The van der Waals surface area contributed by atoms with Gasteiger partial charge in [-0.1, -0.05) is 0 Å². The lowest BCUT2D eigenvalue weighted by Gasteiger charge is -2.21. The largest absolute Gasteiger partial charge is 0.378 e. The lowest BCUT2D eigenvalue weighted by molar-refractivity contribution is -0.0181. The summed E-state index contributed by atoms with van der Waals surface area (Å²) >= 11 is 0. The Bertz CT molecular complexity index is 362. The molecule has 0 saturated carbocycles. The van der Waals surface area contributed by atoms with Crippen molar-refractivity contribution in [3.8, 4) is 0 Å². The van der Waals surface area contributed by atoms with E-state index in [1.807, 2.05) is 19.9 Å². The molecule has 1 aromatic rings. The van der Waals surface area contributed by atoms with Crippen LogP contribution in [0.5, 0.6) is 0 Å². The van der Waals surface area contributed by atoms with Crippen molar-refractivity contribution in [1.82, 2.24) is 15.3 Å². The monoisotopic (exact) mass is 254 g/mol. The van der Waals surface area contributed by atoms with E-state index in [2.05, 4.69) is 20.6 Å². The standard InChI is InChI=1S/C12H22N4O2/c1-8-5-6-13-12(15-8)16-9(2)7-14-11(17)10(3)18-4/h5-6,9-11,14,17H,7H2,1-4H3,(H,13,15,16)/t9-,10+,11?/m1/s1. The summed E-state index contributed by atoms with van der Waals surface area (Å²) in [6.45, 7) is 6.30. The molecule has 6 heteroatoms. The second-order valence-electron chi connectivity index (χ2n) is 4.36. The van der Waals surface area contributed by atoms with E-state index in [9.17, 15) is 5.11 Å². The van der Waals surface area contributed by atoms with E-state index in [-0.39, 0.29) is 12.1 Å². The SMILES string of the molecule is CO[C@@H](C)C(O)NC[C@@H](C)Nc1nccc(C)n1. The Balaban J connectivity index is 2.35. The minimum absolute atomic E-state index is 0.102. The minimum atomic E-state index is -0.683. The van der Waals surface area contributed by atoms with Crippen LogP contribution in [0.3, 0.4) is 0 Å². The smallest absolute Gasteiger partial charge is 0.223 e. The number of methoxy groups -OCH3 is 1. The summed E-state index contributed by atoms with van der Waals surface area (Å²) in [5.74, 6) is 0.596. The number of nitrogens with one attached hydrogen (secondary N) is 2. The van der Waals surface area contributed by atoms with Crippen molar-refractivity contribution in [2.75, 3.05) is 19.0 Å². The van der Waals surface area contributed by atoms with Crippen LogP contribution >= 0.6 is 0 Å². The Morgan fingerprint density at radius 2 is 2.17 bits per heavy atom. The van der Waals surface area contributed by atoms with Gasteiger partial charge in [-0.3, -0.25) is 5.32 Å². The van der Waals surface area contributed by atoms with Crippen molar-refractivity contribution < 1.29 is 9.84 Å². The summed E-state index contributed by atoms with van der Waals surface area (Å²) in [5, 5.41) is 15.8. The second kappa shape index (κ2) is 7.25. The molecule has 1 unspecified atom stereocenters. The van der Waals surface area contributed by atoms with E-state index in [0.717, 1.165) is 5.69 Å². The fourth-order valence-electron chi connectivity index (χ4n) is 1.38. The molecule has 0 saturated heterocycles. The lowest BCUT2D eigenvalue weighted by Crippen LogP contribution is -2.43. The summed E-state index contributed by atoms with van der Waals surface area (Å²) in [6, 6.07) is 1.95. The predicted molar refractivity (Wildman–Crippen MR) is 70.3 cm³/mol. The zero-order valence-electron chi connectivity index (χ0n) is 11.3. The van der Waals surface area contributed by atoms with Crippen LogP contribution in [-0.4, -0.2) is 47.1 Å². The van der Waals surface area contributed by atoms with Gasteiger partial charge in [0.05, 0.1) is 6.10 Å². The highest BCUT2D eigenvalue weighted by molar-refractivity contribution is 5.26. The first-order valence-electron chi connectivity index (χ1n) is 6.03. The Morgan fingerprint density at radius 1 is 1.44 bits per heavy atom. The Morgan fingerprint density at radius 3 is 2.78 bits per heavy atom. The van der Waals surface area contributed by atoms with E-state index < -0.39 is 6.23 Å². The van der Waals surface area contributed by atoms with Gasteiger partial charge in [-0.25, -0.2) is 9.97 Å². The first-order chi connectivity index (χ1) is 8.52. The summed E-state index contributed by atoms with van der Waals surface area (Å²) in [7, 11) is 1.57. The normalized spacial score (nSPS) is 16.1. The van der Waals surface area contributed by atoms with E-state index in [1.165, 1.54) is 0 Å². The van der Waals surface area contributed by atoms with E-state index in [4.69, 9.17) is 4.74 Å². The molecule has 0 aromatic carbocycles. The molecule has 0 aliphatic heterocycles. The van der Waals surface area contributed by atoms with Gasteiger partial charge in [0.25, 0.3) is 0 Å². The molecule has 1 rings (SSSR count). The third-order valence-electron chi connectivity index (χ3n) is 2.62. The number of rotatable bonds is 7. The number of hydrogen-bond donors (Lipinski definition) is 3. The third-order valence-corrected chi connectivity index (χ3v) is 2.62. The Hall–Kier alpha value is -1.24. The molecule has 0 radical (unpaired) electrons. The maximum atomic E-state index is 9.68. The number of aliphatic hydroxyl groups excluding tert-OH is 1. The van der Waals surface area contributed by atoms with Crippen LogP contribution in [0, 0.1) is 6.92 Å². The van der Waals surface area contributed by atoms with E-state index in [1.54, 1.807) is 20.2 Å². The third kappa shape index (κ3) is 4.95. The number of aliphatic hydroxyl groups is 1. The average molecular weight is 254 g/mol. The molecule has 0 amide bonds. The van der Waals surface area contributed by atoms with Crippen molar-refractivity contribution >= 4 is 5.95 Å². The molecule has 1 heterocycles. The molecule has 0 aliphatic rings. The molecule has 0 aliphatic carbocycles. The van der Waals surface area contributed by atoms with Crippen molar-refractivity contribution in [1.29, 1.82) is 0 Å². The van der Waals surface area contributed by atoms with Crippen LogP contribution in [0.2, 0.25) is 0 Å². The number of aromatic nitrogens is 2. The van der Waals surface area contributed by atoms with Crippen LogP contribution in [-0.2, 0) is 4.74 Å². The van der Waals surface area contributed by atoms with Crippen LogP contribution in [0.15, 0.2) is 12.3 Å². The highest BCUT2D eigenvalue weighted by Gasteiger charge is 2.13. The van der Waals surface area contributed by atoms with Gasteiger partial charge in [-0.15, -0.1) is 0 Å². The molecule has 3 N–H and O–H groups in total. The van der Waals surface area contributed by atoms with Gasteiger partial charge < -0.3 is 15.2 Å². The highest BCUT2D eigenvalue weighted by Crippen LogP contribution is 2.01. The molecular weight excluding hydrogens is 232 g/mol. The number of anilines is 1. The van der Waals surface area contributed by atoms with Gasteiger partial charge in [0.2, 0.25) is 5.95 Å². The van der Waals surface area contributed by atoms with Gasteiger partial charge in [-0.05, 0) is 26.8 Å². The fraction of sp³-hybridized carbons (Fsp3) is 0.667. The molecule has 0 bridgehead atoms. The molecule has 0 fully saturated rings. The molecule has 1 aromatic heterocycles. The van der Waals surface area contributed by atoms with Crippen LogP contribution < -0.4 is 10.6 Å². The molecule has 18 heavy (non-hydrogen) atoms. The van der Waals surface area contributed by atoms with Gasteiger partial charge in [0, 0.05) is 31.6 Å². The fourth-order valence-corrected chi connectivity index (χ4v) is 1.38. The van der Waals surface area contributed by atoms with Gasteiger partial charge in [0.1, 0.15) is 6.23 Å². The summed E-state index contributed by atoms with van der Waals surface area (Å²) in [5.41, 5.74) is 0.917. The molecule has 3 atom stereocenters. The Labute approximate surface area is 108 Å². The van der Waals surface area contributed by atoms with Gasteiger partial charge in [0.15, 0.2) is 0 Å². The van der Waals surface area contributed by atoms with E-state index in [0.29, 0.717) is 12.5 Å². The molecule has 6 nitrogen and oxygen atoms in total. The zero-order valence-corrected chi connectivity index (χ0v) is 11.3. The predicted octanol–water partition coefficient (Wildman–Crippen LogP) is 0.528. The number of aryl methyl sites for hydroxylation is 1. The zero-order chi connectivity index (χ0) is 13.5. The highest BCUT2D eigenvalue weighted by atomic mass is 16.5. The first-order valence-corrected chi connectivity index (χ1v) is 6.03. The molecule has 102 valence electrons. The van der Waals surface area contributed by atoms with Gasteiger partial charge in [-0.2, -0.15) is 0 Å². The van der Waals surface area contributed by atoms with Crippen LogP contribution in [0.1, 0.15) is 19.5 Å². The van der Waals surface area contributed by atoms with Crippen LogP contribution in [0.25, 0.3) is 0 Å². The maximum Gasteiger partial charge on any atom is 0.223 e. The maximum absolute atomic E-state index is 9.68. The average Bonchev–Trinajstić information content (AvgIpc) is 2.35. The van der Waals surface area contributed by atoms with Crippen molar-refractivity contribution in [3.05, 3.63) is 18.0 Å². The van der Waals surface area contributed by atoms with Crippen molar-refractivity contribution in [2.24, 2.45) is 0 Å². The summed E-state index contributed by atoms with van der Waals surface area (Å²) in [6.07, 6.45) is 0.789. The Kier molecular flexibility index (Phi) is 5.97. The number of hydrogen-bond acceptors (Lipinski definition) is 6. The van der Waals surface area contributed by atoms with Crippen LogP contribution in [0.4, 0.5) is 5.95 Å². The summed E-state index contributed by atoms with van der Waals surface area (Å²) < 4.78 is 5.02.